The molecule has 0 spiro atoms. The Morgan fingerprint density at radius 3 is 2.14 bits per heavy atom. The second-order valence-corrected chi connectivity index (χ2v) is 9.10. The highest BCUT2D eigenvalue weighted by Crippen LogP contribution is 2.21. The molecule has 7 nitrogen and oxygen atoms in total. The first-order valence-electron chi connectivity index (χ1n) is 9.25. The smallest absolute Gasteiger partial charge is 0.408 e. The summed E-state index contributed by atoms with van der Waals surface area (Å²) in [5.74, 6) is 0. The number of amides is 1. The zero-order chi connectivity index (χ0) is 21.5. The molecular formula is C21H27NO6S. The Morgan fingerprint density at radius 1 is 1.03 bits per heavy atom. The Bertz CT molecular complexity index is 878. The predicted octanol–water partition coefficient (Wildman–Crippen LogP) is 3.41. The van der Waals surface area contributed by atoms with Gasteiger partial charge in [0.15, 0.2) is 0 Å². The molecule has 8 heteroatoms. The van der Waals surface area contributed by atoms with E-state index < -0.39 is 34.0 Å². The van der Waals surface area contributed by atoms with Crippen LogP contribution in [0.3, 0.4) is 0 Å². The van der Waals surface area contributed by atoms with Crippen LogP contribution in [-0.2, 0) is 19.0 Å². The van der Waals surface area contributed by atoms with E-state index in [0.717, 1.165) is 0 Å². The number of carbonyl (C=O) groups excluding carboxylic acids is 1. The third-order valence-corrected chi connectivity index (χ3v) is 5.23. The van der Waals surface area contributed by atoms with E-state index in [2.05, 4.69) is 5.32 Å². The van der Waals surface area contributed by atoms with Crippen molar-refractivity contribution in [3.63, 3.8) is 0 Å². The van der Waals surface area contributed by atoms with Crippen molar-refractivity contribution >= 4 is 16.2 Å². The minimum Gasteiger partial charge on any atom is -0.444 e. The molecule has 0 fully saturated rings. The lowest BCUT2D eigenvalue weighted by Gasteiger charge is -2.27. The minimum absolute atomic E-state index is 0.0125. The molecule has 2 aromatic rings. The van der Waals surface area contributed by atoms with Crippen LogP contribution >= 0.6 is 0 Å². The predicted molar refractivity (Wildman–Crippen MR) is 109 cm³/mol. The van der Waals surface area contributed by atoms with Gasteiger partial charge in [-0.1, -0.05) is 48.5 Å². The number of hydrogen-bond donors (Lipinski definition) is 2. The van der Waals surface area contributed by atoms with E-state index in [4.69, 9.17) is 8.92 Å². The molecule has 0 radical (unpaired) electrons. The van der Waals surface area contributed by atoms with E-state index >= 15 is 0 Å². The molecule has 0 aromatic heterocycles. The van der Waals surface area contributed by atoms with Crippen LogP contribution in [0.2, 0.25) is 0 Å². The number of benzene rings is 2. The fourth-order valence-corrected chi connectivity index (χ4v) is 3.54. The normalized spacial score (nSPS) is 14.1. The van der Waals surface area contributed by atoms with E-state index in [-0.39, 0.29) is 17.9 Å². The van der Waals surface area contributed by atoms with Gasteiger partial charge in [-0.05, 0) is 38.5 Å². The standard InChI is InChI=1S/C21H27NO6S/c1-21(2,3)28-20(24)22-19(16-10-6-4-7-11-16)18(23)14-15-27-29(25,26)17-12-8-5-9-13-17/h4-13,18-19,23H,14-15H2,1-3H3,(H,22,24). The van der Waals surface area contributed by atoms with Gasteiger partial charge in [0.05, 0.1) is 23.6 Å². The van der Waals surface area contributed by atoms with E-state index in [0.29, 0.717) is 5.56 Å². The summed E-state index contributed by atoms with van der Waals surface area (Å²) in [7, 11) is -3.92. The average Bonchev–Trinajstić information content (AvgIpc) is 2.66. The second kappa shape index (κ2) is 9.87. The van der Waals surface area contributed by atoms with Crippen LogP contribution in [0.1, 0.15) is 38.8 Å². The SMILES string of the molecule is CC(C)(C)OC(=O)NC(c1ccccc1)C(O)CCOS(=O)(=O)c1ccccc1. The largest absolute Gasteiger partial charge is 0.444 e. The van der Waals surface area contributed by atoms with E-state index in [1.807, 2.05) is 6.07 Å². The highest BCUT2D eigenvalue weighted by molar-refractivity contribution is 7.86. The van der Waals surface area contributed by atoms with Gasteiger partial charge in [0.25, 0.3) is 10.1 Å². The van der Waals surface area contributed by atoms with E-state index in [9.17, 15) is 18.3 Å². The van der Waals surface area contributed by atoms with Crippen molar-refractivity contribution < 1.29 is 27.2 Å². The quantitative estimate of drug-likeness (QED) is 0.634. The molecule has 0 aliphatic heterocycles. The lowest BCUT2D eigenvalue weighted by molar-refractivity contribution is 0.0394. The number of ether oxygens (including phenoxy) is 1. The lowest BCUT2D eigenvalue weighted by Crippen LogP contribution is -2.40. The van der Waals surface area contributed by atoms with Crippen LogP contribution in [0.15, 0.2) is 65.6 Å². The van der Waals surface area contributed by atoms with Gasteiger partial charge < -0.3 is 15.2 Å². The summed E-state index contributed by atoms with van der Waals surface area (Å²) in [5, 5.41) is 13.3. The summed E-state index contributed by atoms with van der Waals surface area (Å²) in [6.45, 7) is 4.98. The summed E-state index contributed by atoms with van der Waals surface area (Å²) < 4.78 is 34.7. The van der Waals surface area contributed by atoms with Gasteiger partial charge in [0.1, 0.15) is 5.60 Å². The van der Waals surface area contributed by atoms with Crippen molar-refractivity contribution in [2.75, 3.05) is 6.61 Å². The summed E-state index contributed by atoms with van der Waals surface area (Å²) >= 11 is 0. The first-order chi connectivity index (χ1) is 13.6. The van der Waals surface area contributed by atoms with Crippen LogP contribution in [0, 0.1) is 0 Å². The highest BCUT2D eigenvalue weighted by atomic mass is 32.2. The molecule has 0 aliphatic rings. The molecule has 29 heavy (non-hydrogen) atoms. The molecule has 2 rings (SSSR count). The van der Waals surface area contributed by atoms with Crippen molar-refractivity contribution in [2.45, 2.75) is 49.8 Å². The van der Waals surface area contributed by atoms with E-state index in [1.165, 1.54) is 12.1 Å². The molecule has 0 saturated carbocycles. The van der Waals surface area contributed by atoms with Gasteiger partial charge in [0, 0.05) is 6.42 Å². The van der Waals surface area contributed by atoms with Gasteiger partial charge >= 0.3 is 6.09 Å². The fourth-order valence-electron chi connectivity index (χ4n) is 2.60. The van der Waals surface area contributed by atoms with Crippen molar-refractivity contribution in [1.29, 1.82) is 0 Å². The van der Waals surface area contributed by atoms with Crippen LogP contribution in [0.25, 0.3) is 0 Å². The number of alkyl carbamates (subject to hydrolysis) is 1. The summed E-state index contributed by atoms with van der Waals surface area (Å²) in [6, 6.07) is 15.9. The third kappa shape index (κ3) is 7.49. The first-order valence-corrected chi connectivity index (χ1v) is 10.7. The Hall–Kier alpha value is -2.42. The summed E-state index contributed by atoms with van der Waals surface area (Å²) in [4.78, 5) is 12.2. The molecule has 158 valence electrons. The lowest BCUT2D eigenvalue weighted by atomic mass is 9.99. The van der Waals surface area contributed by atoms with E-state index in [1.54, 1.807) is 63.2 Å². The molecule has 2 atom stereocenters. The average molecular weight is 422 g/mol. The van der Waals surface area contributed by atoms with Crippen molar-refractivity contribution in [2.24, 2.45) is 0 Å². The van der Waals surface area contributed by atoms with Crippen LogP contribution < -0.4 is 5.32 Å². The van der Waals surface area contributed by atoms with Crippen molar-refractivity contribution in [3.05, 3.63) is 66.2 Å². The van der Waals surface area contributed by atoms with Crippen LogP contribution in [0.4, 0.5) is 4.79 Å². The van der Waals surface area contributed by atoms with Crippen LogP contribution in [0.5, 0.6) is 0 Å². The highest BCUT2D eigenvalue weighted by Gasteiger charge is 2.26. The second-order valence-electron chi connectivity index (χ2n) is 7.48. The molecule has 2 N–H and O–H groups in total. The molecule has 0 bridgehead atoms. The Kier molecular flexibility index (Phi) is 7.78. The Labute approximate surface area is 171 Å². The first kappa shape index (κ1) is 22.9. The molecule has 2 unspecified atom stereocenters. The molecule has 0 saturated heterocycles. The Balaban J connectivity index is 2.04. The molecule has 1 amide bonds. The topological polar surface area (TPSA) is 102 Å². The zero-order valence-electron chi connectivity index (χ0n) is 16.7. The van der Waals surface area contributed by atoms with Gasteiger partial charge in [-0.25, -0.2) is 4.79 Å². The van der Waals surface area contributed by atoms with Gasteiger partial charge in [-0.3, -0.25) is 4.18 Å². The molecular weight excluding hydrogens is 394 g/mol. The van der Waals surface area contributed by atoms with Crippen molar-refractivity contribution in [1.82, 2.24) is 5.32 Å². The summed E-state index contributed by atoms with van der Waals surface area (Å²) in [5.41, 5.74) is -0.0276. The maximum absolute atomic E-state index is 12.2. The number of nitrogens with one attached hydrogen (secondary N) is 1. The number of hydrogen-bond acceptors (Lipinski definition) is 6. The third-order valence-electron chi connectivity index (χ3n) is 3.90. The number of aliphatic hydroxyl groups is 1. The van der Waals surface area contributed by atoms with Gasteiger partial charge in [-0.2, -0.15) is 8.42 Å². The van der Waals surface area contributed by atoms with Gasteiger partial charge in [-0.15, -0.1) is 0 Å². The number of aliphatic hydroxyl groups excluding tert-OH is 1. The van der Waals surface area contributed by atoms with Gasteiger partial charge in [0.2, 0.25) is 0 Å². The zero-order valence-corrected chi connectivity index (χ0v) is 17.6. The Morgan fingerprint density at radius 2 is 1.59 bits per heavy atom. The fraction of sp³-hybridized carbons (Fsp3) is 0.381. The maximum atomic E-state index is 12.2. The molecule has 0 heterocycles. The molecule has 0 aliphatic carbocycles. The number of rotatable bonds is 8. The molecule has 2 aromatic carbocycles. The monoisotopic (exact) mass is 421 g/mol. The summed E-state index contributed by atoms with van der Waals surface area (Å²) in [6.07, 6.45) is -1.78. The maximum Gasteiger partial charge on any atom is 0.408 e. The number of carbonyl (C=O) groups is 1. The minimum atomic E-state index is -3.92. The van der Waals surface area contributed by atoms with Crippen LogP contribution in [-0.4, -0.2) is 37.9 Å². The van der Waals surface area contributed by atoms with Crippen molar-refractivity contribution in [3.8, 4) is 0 Å².